The molecule has 2 spiro atoms. The summed E-state index contributed by atoms with van der Waals surface area (Å²) in [6.45, 7) is 0. The van der Waals surface area contributed by atoms with Crippen molar-refractivity contribution in [2.75, 3.05) is 0 Å². The lowest BCUT2D eigenvalue weighted by Crippen LogP contribution is -2.55. The average Bonchev–Trinajstić information content (AvgIpc) is 2.65. The van der Waals surface area contributed by atoms with Gasteiger partial charge in [0.05, 0.1) is 17.0 Å². The van der Waals surface area contributed by atoms with Gasteiger partial charge in [-0.3, -0.25) is 4.79 Å². The number of carbonyl (C=O) groups is 1. The maximum atomic E-state index is 13.0. The predicted molar refractivity (Wildman–Crippen MR) is 69.9 cm³/mol. The first-order chi connectivity index (χ1) is 9.11. The van der Waals surface area contributed by atoms with E-state index in [9.17, 15) is 15.1 Å². The van der Waals surface area contributed by atoms with Crippen molar-refractivity contribution >= 4 is 5.97 Å². The van der Waals surface area contributed by atoms with E-state index in [1.54, 1.807) is 0 Å². The number of hydrogen-bond donors (Lipinski definition) is 1. The highest BCUT2D eigenvalue weighted by Crippen LogP contribution is 2.55. The van der Waals surface area contributed by atoms with Crippen LogP contribution in [0.25, 0.3) is 0 Å². The van der Waals surface area contributed by atoms with Gasteiger partial charge in [-0.05, 0) is 32.1 Å². The molecule has 0 amide bonds. The molecule has 1 radical (unpaired) electrons. The molecule has 0 aromatic carbocycles. The van der Waals surface area contributed by atoms with Gasteiger partial charge in [-0.2, -0.15) is 0 Å². The van der Waals surface area contributed by atoms with Gasteiger partial charge in [0.1, 0.15) is 0 Å². The molecule has 1 unspecified atom stereocenters. The topological polar surface area (TPSA) is 60.4 Å². The quantitative estimate of drug-likeness (QED) is 0.793. The number of carboxylic acids is 1. The molecule has 0 aromatic heterocycles. The number of hydrogen-bond acceptors (Lipinski definition) is 2. The molecule has 1 aliphatic heterocycles. The molecule has 1 saturated heterocycles. The van der Waals surface area contributed by atoms with E-state index in [-0.39, 0.29) is 5.54 Å². The molecule has 2 aliphatic carbocycles. The van der Waals surface area contributed by atoms with Crippen LogP contribution in [0, 0.1) is 5.92 Å². The Labute approximate surface area is 114 Å². The van der Waals surface area contributed by atoms with Crippen LogP contribution in [-0.4, -0.2) is 27.2 Å². The van der Waals surface area contributed by atoms with Gasteiger partial charge in [0.2, 0.25) is 0 Å². The zero-order valence-electron chi connectivity index (χ0n) is 11.6. The first kappa shape index (κ1) is 13.4. The fraction of sp³-hybridized carbons (Fsp3) is 0.933. The summed E-state index contributed by atoms with van der Waals surface area (Å²) < 4.78 is 0. The molecule has 4 nitrogen and oxygen atoms in total. The maximum Gasteiger partial charge on any atom is 0.308 e. The van der Waals surface area contributed by atoms with E-state index in [0.29, 0.717) is 6.42 Å². The minimum atomic E-state index is -0.745. The second-order valence-electron chi connectivity index (χ2n) is 6.84. The van der Waals surface area contributed by atoms with Crippen molar-refractivity contribution in [3.05, 3.63) is 0 Å². The first-order valence-electron chi connectivity index (χ1n) is 7.81. The average molecular weight is 266 g/mol. The normalized spacial score (nSPS) is 33.8. The molecule has 3 fully saturated rings. The molecular formula is C15H24NO3. The highest BCUT2D eigenvalue weighted by Gasteiger charge is 2.63. The Balaban J connectivity index is 1.94. The molecule has 3 aliphatic rings. The Morgan fingerprint density at radius 1 is 0.947 bits per heavy atom. The van der Waals surface area contributed by atoms with Crippen LogP contribution in [-0.2, 0) is 10.0 Å². The summed E-state index contributed by atoms with van der Waals surface area (Å²) >= 11 is 0. The smallest absolute Gasteiger partial charge is 0.308 e. The minimum Gasteiger partial charge on any atom is -0.481 e. The summed E-state index contributed by atoms with van der Waals surface area (Å²) in [4.78, 5) is 11.7. The third-order valence-corrected chi connectivity index (χ3v) is 5.87. The van der Waals surface area contributed by atoms with Gasteiger partial charge >= 0.3 is 5.97 Å². The lowest BCUT2D eigenvalue weighted by molar-refractivity contribution is -0.277. The summed E-state index contributed by atoms with van der Waals surface area (Å²) in [6, 6.07) is 0. The van der Waals surface area contributed by atoms with Crippen molar-refractivity contribution in [1.82, 2.24) is 5.06 Å². The molecule has 2 saturated carbocycles. The van der Waals surface area contributed by atoms with Gasteiger partial charge in [0, 0.05) is 0 Å². The van der Waals surface area contributed by atoms with Crippen LogP contribution >= 0.6 is 0 Å². The van der Waals surface area contributed by atoms with Gasteiger partial charge in [-0.25, -0.2) is 0 Å². The van der Waals surface area contributed by atoms with Crippen LogP contribution in [0.2, 0.25) is 0 Å². The van der Waals surface area contributed by atoms with Crippen LogP contribution in [0.15, 0.2) is 0 Å². The second kappa shape index (κ2) is 4.74. The molecule has 1 atom stereocenters. The van der Waals surface area contributed by atoms with E-state index in [1.165, 1.54) is 11.5 Å². The SMILES string of the molecule is [O]N1C2(CCCCC2)CC(C(=O)O)C12CCCCC2. The maximum absolute atomic E-state index is 13.0. The van der Waals surface area contributed by atoms with Crippen molar-refractivity contribution in [1.29, 1.82) is 0 Å². The lowest BCUT2D eigenvalue weighted by Gasteiger charge is -2.45. The largest absolute Gasteiger partial charge is 0.481 e. The van der Waals surface area contributed by atoms with Gasteiger partial charge in [0.25, 0.3) is 0 Å². The van der Waals surface area contributed by atoms with E-state index in [2.05, 4.69) is 0 Å². The zero-order chi connectivity index (χ0) is 13.5. The summed E-state index contributed by atoms with van der Waals surface area (Å²) in [5, 5.41) is 23.9. The number of carboxylic acid groups (broad SMARTS) is 1. The molecule has 1 N–H and O–H groups in total. The van der Waals surface area contributed by atoms with Crippen molar-refractivity contribution in [2.45, 2.75) is 81.7 Å². The fourth-order valence-corrected chi connectivity index (χ4v) is 4.92. The van der Waals surface area contributed by atoms with Gasteiger partial charge < -0.3 is 5.11 Å². The summed E-state index contributed by atoms with van der Waals surface area (Å²) in [7, 11) is 0. The third-order valence-electron chi connectivity index (χ3n) is 5.87. The van der Waals surface area contributed by atoms with Crippen molar-refractivity contribution in [2.24, 2.45) is 5.92 Å². The Kier molecular flexibility index (Phi) is 3.34. The Hall–Kier alpha value is -0.610. The lowest BCUT2D eigenvalue weighted by atomic mass is 9.73. The second-order valence-corrected chi connectivity index (χ2v) is 6.84. The molecular weight excluding hydrogens is 242 g/mol. The summed E-state index contributed by atoms with van der Waals surface area (Å²) in [6.07, 6.45) is 10.5. The predicted octanol–water partition coefficient (Wildman–Crippen LogP) is 3.14. The van der Waals surface area contributed by atoms with Gasteiger partial charge in [-0.15, -0.1) is 10.3 Å². The van der Waals surface area contributed by atoms with Crippen molar-refractivity contribution < 1.29 is 15.1 Å². The minimum absolute atomic E-state index is 0.349. The number of rotatable bonds is 1. The number of aliphatic carboxylic acids is 1. The molecule has 3 rings (SSSR count). The zero-order valence-corrected chi connectivity index (χ0v) is 11.6. The van der Waals surface area contributed by atoms with Crippen LogP contribution < -0.4 is 0 Å². The van der Waals surface area contributed by atoms with E-state index in [4.69, 9.17) is 0 Å². The molecule has 107 valence electrons. The van der Waals surface area contributed by atoms with Gasteiger partial charge in [-0.1, -0.05) is 38.5 Å². The monoisotopic (exact) mass is 266 g/mol. The standard InChI is InChI=1S/C15H24NO3/c17-13(18)12-11-14(7-3-1-4-8-14)16(19)15(12)9-5-2-6-10-15/h12H,1-11H2,(H,17,18). The molecule has 19 heavy (non-hydrogen) atoms. The summed E-state index contributed by atoms with van der Waals surface area (Å²) in [5.41, 5.74) is -0.930. The third kappa shape index (κ3) is 1.91. The number of nitrogens with zero attached hydrogens (tertiary/aromatic N) is 1. The Bertz CT molecular complexity index is 356. The summed E-state index contributed by atoms with van der Waals surface area (Å²) in [5.74, 6) is -1.19. The molecule has 0 bridgehead atoms. The van der Waals surface area contributed by atoms with Crippen molar-refractivity contribution in [3.8, 4) is 0 Å². The Morgan fingerprint density at radius 2 is 1.47 bits per heavy atom. The number of hydroxylamine groups is 2. The highest BCUT2D eigenvalue weighted by molar-refractivity contribution is 5.72. The van der Waals surface area contributed by atoms with E-state index < -0.39 is 17.4 Å². The van der Waals surface area contributed by atoms with Gasteiger partial charge in [0.15, 0.2) is 0 Å². The van der Waals surface area contributed by atoms with E-state index in [0.717, 1.165) is 57.8 Å². The molecule has 1 heterocycles. The van der Waals surface area contributed by atoms with Crippen molar-refractivity contribution in [3.63, 3.8) is 0 Å². The first-order valence-corrected chi connectivity index (χ1v) is 7.81. The van der Waals surface area contributed by atoms with Crippen LogP contribution in [0.1, 0.15) is 70.6 Å². The van der Waals surface area contributed by atoms with E-state index >= 15 is 0 Å². The van der Waals surface area contributed by atoms with E-state index in [1.807, 2.05) is 0 Å². The van der Waals surface area contributed by atoms with Crippen LogP contribution in [0.4, 0.5) is 0 Å². The Morgan fingerprint density at radius 3 is 2.00 bits per heavy atom. The fourth-order valence-electron chi connectivity index (χ4n) is 4.92. The van der Waals surface area contributed by atoms with Crippen LogP contribution in [0.5, 0.6) is 0 Å². The molecule has 0 aromatic rings. The van der Waals surface area contributed by atoms with Crippen LogP contribution in [0.3, 0.4) is 0 Å². The molecule has 4 heteroatoms. The highest BCUT2D eigenvalue weighted by atomic mass is 16.5.